The smallest absolute Gasteiger partial charge is 0.433 e. The number of aryl methyl sites for hydroxylation is 2. The van der Waals surface area contributed by atoms with Crippen LogP contribution >= 0.6 is 0 Å². The zero-order valence-corrected chi connectivity index (χ0v) is 29.3. The summed E-state index contributed by atoms with van der Waals surface area (Å²) in [6.45, 7) is 16.5. The quantitative estimate of drug-likeness (QED) is 0.219. The largest absolute Gasteiger partial charge is 0.479 e. The van der Waals surface area contributed by atoms with E-state index >= 15 is 0 Å². The topological polar surface area (TPSA) is 78.8 Å². The molecule has 49 heavy (non-hydrogen) atoms. The van der Waals surface area contributed by atoms with E-state index in [9.17, 15) is 23.1 Å². The van der Waals surface area contributed by atoms with Gasteiger partial charge in [-0.3, -0.25) is 4.98 Å². The van der Waals surface area contributed by atoms with E-state index in [1.165, 1.54) is 0 Å². The van der Waals surface area contributed by atoms with Crippen LogP contribution in [0.1, 0.15) is 87.3 Å². The lowest BCUT2D eigenvalue weighted by molar-refractivity contribution is -0.160. The number of benzene rings is 2. The average molecular weight is 675 g/mol. The Hall–Kier alpha value is -4.18. The van der Waals surface area contributed by atoms with Gasteiger partial charge < -0.3 is 19.6 Å². The highest BCUT2D eigenvalue weighted by Crippen LogP contribution is 2.46. The Kier molecular flexibility index (Phi) is 8.92. The standard InChI is InChI=1S/C39H45F3N4O3/c1-23-32(34(45-18-15-38(6,7)16-19-45)33(24(2)43-23)35(36(47)48)49-37(3,4)5)26-12-13-27-22-46(17-14-25(27)20-26)30-21-31(39(40,41)42)44-29-11-9-8-10-28(29)30/h8-13,20-21,35H,14-19,22H2,1-7H3,(H,47,48). The molecule has 0 bridgehead atoms. The van der Waals surface area contributed by atoms with Crippen LogP contribution in [-0.2, 0) is 28.7 Å². The molecule has 260 valence electrons. The lowest BCUT2D eigenvalue weighted by Gasteiger charge is -2.41. The van der Waals surface area contributed by atoms with Gasteiger partial charge in [-0.05, 0) is 88.1 Å². The van der Waals surface area contributed by atoms with Gasteiger partial charge in [0.15, 0.2) is 6.10 Å². The van der Waals surface area contributed by atoms with E-state index in [1.54, 1.807) is 12.1 Å². The van der Waals surface area contributed by atoms with E-state index in [2.05, 4.69) is 29.8 Å². The molecule has 2 aliphatic heterocycles. The van der Waals surface area contributed by atoms with Crippen molar-refractivity contribution in [3.05, 3.63) is 82.3 Å². The van der Waals surface area contributed by atoms with Gasteiger partial charge >= 0.3 is 12.1 Å². The molecule has 0 saturated carbocycles. The number of pyridine rings is 2. The summed E-state index contributed by atoms with van der Waals surface area (Å²) in [5.74, 6) is -1.06. The van der Waals surface area contributed by atoms with Crippen LogP contribution in [0, 0.1) is 19.3 Å². The molecule has 1 N–H and O–H groups in total. The van der Waals surface area contributed by atoms with Crippen molar-refractivity contribution in [2.75, 3.05) is 29.4 Å². The number of alkyl halides is 3. The number of ether oxygens (including phenoxy) is 1. The molecule has 0 aliphatic carbocycles. The number of carboxylic acids is 1. The van der Waals surface area contributed by atoms with Gasteiger partial charge in [0, 0.05) is 59.8 Å². The first-order valence-electron chi connectivity index (χ1n) is 16.9. The number of halogens is 3. The second kappa shape index (κ2) is 12.6. The predicted molar refractivity (Wildman–Crippen MR) is 187 cm³/mol. The third-order valence-corrected chi connectivity index (χ3v) is 9.80. The zero-order valence-electron chi connectivity index (χ0n) is 29.3. The van der Waals surface area contributed by atoms with Crippen LogP contribution in [0.4, 0.5) is 24.5 Å². The second-order valence-electron chi connectivity index (χ2n) is 15.2. The Balaban J connectivity index is 1.44. The maximum absolute atomic E-state index is 13.8. The molecule has 4 aromatic rings. The average Bonchev–Trinajstić information content (AvgIpc) is 3.02. The summed E-state index contributed by atoms with van der Waals surface area (Å²) in [5, 5.41) is 11.2. The summed E-state index contributed by atoms with van der Waals surface area (Å²) < 4.78 is 47.8. The van der Waals surface area contributed by atoms with E-state index in [0.717, 1.165) is 65.6 Å². The Morgan fingerprint density at radius 2 is 1.61 bits per heavy atom. The molecule has 2 aromatic carbocycles. The van der Waals surface area contributed by atoms with Gasteiger partial charge in [0.2, 0.25) is 0 Å². The van der Waals surface area contributed by atoms with Crippen molar-refractivity contribution in [3.8, 4) is 11.1 Å². The molecule has 0 spiro atoms. The Labute approximate surface area is 286 Å². The lowest BCUT2D eigenvalue weighted by Crippen LogP contribution is -2.39. The minimum atomic E-state index is -4.56. The SMILES string of the molecule is Cc1nc(C)c(C(OC(C)(C)C)C(=O)O)c(N2CCC(C)(C)CC2)c1-c1ccc2c(c1)CCN(c1cc(C(F)(F)F)nc3ccccc13)C2. The van der Waals surface area contributed by atoms with Crippen LogP contribution in [0.5, 0.6) is 0 Å². The van der Waals surface area contributed by atoms with E-state index in [4.69, 9.17) is 9.72 Å². The Morgan fingerprint density at radius 3 is 2.27 bits per heavy atom. The first-order valence-corrected chi connectivity index (χ1v) is 16.9. The first-order chi connectivity index (χ1) is 22.9. The van der Waals surface area contributed by atoms with Gasteiger partial charge in [-0.25, -0.2) is 9.78 Å². The maximum atomic E-state index is 13.8. The number of fused-ring (bicyclic) bond motifs is 2. The van der Waals surface area contributed by atoms with Crippen LogP contribution < -0.4 is 9.80 Å². The fourth-order valence-electron chi connectivity index (χ4n) is 7.23. The van der Waals surface area contributed by atoms with Crippen LogP contribution in [0.15, 0.2) is 48.5 Å². The summed E-state index contributed by atoms with van der Waals surface area (Å²) in [6, 6.07) is 14.4. The van der Waals surface area contributed by atoms with Gasteiger partial charge in [0.05, 0.1) is 16.8 Å². The van der Waals surface area contributed by atoms with E-state index in [0.29, 0.717) is 47.4 Å². The van der Waals surface area contributed by atoms with Gasteiger partial charge in [-0.1, -0.05) is 50.2 Å². The number of nitrogens with zero attached hydrogens (tertiary/aromatic N) is 4. The van der Waals surface area contributed by atoms with Crippen LogP contribution in [-0.4, -0.2) is 46.3 Å². The van der Waals surface area contributed by atoms with Gasteiger partial charge in [0.25, 0.3) is 0 Å². The predicted octanol–water partition coefficient (Wildman–Crippen LogP) is 9.06. The van der Waals surface area contributed by atoms with Crippen LogP contribution in [0.3, 0.4) is 0 Å². The number of aliphatic carboxylic acids is 1. The van der Waals surface area contributed by atoms with Crippen molar-refractivity contribution in [2.45, 2.75) is 92.2 Å². The number of hydrogen-bond acceptors (Lipinski definition) is 6. The van der Waals surface area contributed by atoms with Crippen LogP contribution in [0.25, 0.3) is 22.0 Å². The molecular weight excluding hydrogens is 629 g/mol. The second-order valence-corrected chi connectivity index (χ2v) is 15.2. The van der Waals surface area contributed by atoms with Crippen molar-refractivity contribution in [1.29, 1.82) is 0 Å². The van der Waals surface area contributed by atoms with Crippen LogP contribution in [0.2, 0.25) is 0 Å². The molecule has 1 unspecified atom stereocenters. The molecule has 0 amide bonds. The summed E-state index contributed by atoms with van der Waals surface area (Å²) in [7, 11) is 0. The van der Waals surface area contributed by atoms with Crippen molar-refractivity contribution in [3.63, 3.8) is 0 Å². The number of anilines is 2. The summed E-state index contributed by atoms with van der Waals surface area (Å²) >= 11 is 0. The molecule has 7 nitrogen and oxygen atoms in total. The number of rotatable bonds is 6. The molecule has 10 heteroatoms. The molecule has 2 aromatic heterocycles. The lowest BCUT2D eigenvalue weighted by atomic mass is 9.81. The minimum absolute atomic E-state index is 0.181. The molecule has 2 aliphatic rings. The fraction of sp³-hybridized carbons (Fsp3) is 0.462. The van der Waals surface area contributed by atoms with Gasteiger partial charge in [-0.15, -0.1) is 0 Å². The van der Waals surface area contributed by atoms with E-state index < -0.39 is 29.5 Å². The normalized spacial score (nSPS) is 17.3. The molecule has 6 rings (SSSR count). The monoisotopic (exact) mass is 674 g/mol. The maximum Gasteiger partial charge on any atom is 0.433 e. The molecule has 1 saturated heterocycles. The molecular formula is C39H45F3N4O3. The van der Waals surface area contributed by atoms with E-state index in [-0.39, 0.29) is 5.41 Å². The highest BCUT2D eigenvalue weighted by atomic mass is 19.4. The summed E-state index contributed by atoms with van der Waals surface area (Å²) in [4.78, 5) is 26.0. The summed E-state index contributed by atoms with van der Waals surface area (Å²) in [6.07, 6.45) is -3.21. The molecule has 0 radical (unpaired) electrons. The van der Waals surface area contributed by atoms with Gasteiger partial charge in [-0.2, -0.15) is 13.2 Å². The fourth-order valence-corrected chi connectivity index (χ4v) is 7.23. The highest BCUT2D eigenvalue weighted by Gasteiger charge is 2.37. The summed E-state index contributed by atoms with van der Waals surface area (Å²) in [5.41, 5.74) is 6.26. The molecule has 1 atom stereocenters. The number of carbonyl (C=O) groups is 1. The van der Waals surface area contributed by atoms with Crippen molar-refractivity contribution < 1.29 is 27.8 Å². The zero-order chi connectivity index (χ0) is 35.5. The van der Waals surface area contributed by atoms with Crippen molar-refractivity contribution in [1.82, 2.24) is 9.97 Å². The number of carboxylic acid groups (broad SMARTS) is 1. The number of aromatic nitrogens is 2. The van der Waals surface area contributed by atoms with Crippen molar-refractivity contribution >= 4 is 28.2 Å². The minimum Gasteiger partial charge on any atom is -0.479 e. The van der Waals surface area contributed by atoms with E-state index in [1.807, 2.05) is 63.8 Å². The molecule has 4 heterocycles. The van der Waals surface area contributed by atoms with Crippen molar-refractivity contribution in [2.24, 2.45) is 5.41 Å². The molecule has 1 fully saturated rings. The number of piperidine rings is 1. The third kappa shape index (κ3) is 7.11. The highest BCUT2D eigenvalue weighted by molar-refractivity contribution is 5.92. The number of hydrogen-bond donors (Lipinski definition) is 1. The Morgan fingerprint density at radius 1 is 0.918 bits per heavy atom. The first kappa shape index (κ1) is 34.7. The van der Waals surface area contributed by atoms with Gasteiger partial charge in [0.1, 0.15) is 5.69 Å². The third-order valence-electron chi connectivity index (χ3n) is 9.80. The Bertz CT molecular complexity index is 1900. The number of para-hydroxylation sites is 1.